The number of piperidine rings is 1. The second-order valence-corrected chi connectivity index (χ2v) is 9.26. The predicted octanol–water partition coefficient (Wildman–Crippen LogP) is 5.20. The molecule has 0 unspecified atom stereocenters. The second kappa shape index (κ2) is 6.67. The Balaban J connectivity index is 1.38. The standard InChI is InChI=1S/C25H31NO/c1-18-24-14-21-10-11-22(27-17-20-6-4-3-5-7-20)15-23(21)25(18,2)12-13-26(24)16-19-8-9-19/h3-7,10-11,15,18-19,24H,8-9,12-14,16-17H2,1-2H3/t18-,24+,25-/m0/s1. The summed E-state index contributed by atoms with van der Waals surface area (Å²) in [5, 5.41) is 0. The number of rotatable bonds is 5. The average Bonchev–Trinajstić information content (AvgIpc) is 3.50. The largest absolute Gasteiger partial charge is 0.489 e. The Kier molecular flexibility index (Phi) is 4.27. The first kappa shape index (κ1) is 17.3. The molecule has 3 atom stereocenters. The van der Waals surface area contributed by atoms with Gasteiger partial charge in [0.1, 0.15) is 12.4 Å². The van der Waals surface area contributed by atoms with Crippen molar-refractivity contribution in [3.63, 3.8) is 0 Å². The summed E-state index contributed by atoms with van der Waals surface area (Å²) in [6, 6.07) is 18.0. The van der Waals surface area contributed by atoms with Crippen LogP contribution >= 0.6 is 0 Å². The Labute approximate surface area is 163 Å². The van der Waals surface area contributed by atoms with Gasteiger partial charge in [-0.2, -0.15) is 0 Å². The van der Waals surface area contributed by atoms with Crippen LogP contribution < -0.4 is 4.74 Å². The summed E-state index contributed by atoms with van der Waals surface area (Å²) in [7, 11) is 0. The summed E-state index contributed by atoms with van der Waals surface area (Å²) in [5.41, 5.74) is 4.60. The molecule has 27 heavy (non-hydrogen) atoms. The Morgan fingerprint density at radius 3 is 2.70 bits per heavy atom. The van der Waals surface area contributed by atoms with Crippen molar-refractivity contribution in [2.75, 3.05) is 13.1 Å². The van der Waals surface area contributed by atoms with E-state index in [4.69, 9.17) is 4.74 Å². The molecule has 0 spiro atoms. The number of likely N-dealkylation sites (tertiary alicyclic amines) is 1. The van der Waals surface area contributed by atoms with Crippen LogP contribution in [-0.4, -0.2) is 24.0 Å². The lowest BCUT2D eigenvalue weighted by Gasteiger charge is -2.54. The normalized spacial score (nSPS) is 30.0. The highest BCUT2D eigenvalue weighted by Crippen LogP contribution is 2.50. The fraction of sp³-hybridized carbons (Fsp3) is 0.520. The lowest BCUT2D eigenvalue weighted by Crippen LogP contribution is -2.58. The van der Waals surface area contributed by atoms with Crippen molar-refractivity contribution in [3.05, 3.63) is 65.2 Å². The van der Waals surface area contributed by atoms with Crippen molar-refractivity contribution < 1.29 is 4.74 Å². The Bertz CT molecular complexity index is 812. The molecule has 0 aromatic heterocycles. The van der Waals surface area contributed by atoms with E-state index in [0.29, 0.717) is 18.6 Å². The molecule has 1 aliphatic heterocycles. The average molecular weight is 362 g/mol. The molecule has 3 aliphatic rings. The number of fused-ring (bicyclic) bond motifs is 4. The minimum absolute atomic E-state index is 0.282. The molecule has 5 rings (SSSR count). The SMILES string of the molecule is C[C@H]1[C@H]2Cc3ccc(OCc4ccccc4)cc3[C@@]1(C)CCN2CC1CC1. The molecule has 0 amide bonds. The minimum Gasteiger partial charge on any atom is -0.489 e. The highest BCUT2D eigenvalue weighted by atomic mass is 16.5. The van der Waals surface area contributed by atoms with Crippen molar-refractivity contribution in [2.24, 2.45) is 11.8 Å². The van der Waals surface area contributed by atoms with E-state index in [-0.39, 0.29) is 5.41 Å². The lowest BCUT2D eigenvalue weighted by molar-refractivity contribution is 0.0282. The Morgan fingerprint density at radius 2 is 1.93 bits per heavy atom. The number of hydrogen-bond donors (Lipinski definition) is 0. The van der Waals surface area contributed by atoms with Crippen molar-refractivity contribution in [3.8, 4) is 5.75 Å². The van der Waals surface area contributed by atoms with E-state index in [2.05, 4.69) is 67.3 Å². The lowest BCUT2D eigenvalue weighted by atomic mass is 9.59. The van der Waals surface area contributed by atoms with Crippen LogP contribution in [0.2, 0.25) is 0 Å². The van der Waals surface area contributed by atoms with Crippen molar-refractivity contribution in [1.82, 2.24) is 4.90 Å². The predicted molar refractivity (Wildman–Crippen MR) is 110 cm³/mol. The van der Waals surface area contributed by atoms with Gasteiger partial charge in [0.05, 0.1) is 0 Å². The summed E-state index contributed by atoms with van der Waals surface area (Å²) in [6.07, 6.45) is 5.38. The van der Waals surface area contributed by atoms with E-state index in [1.54, 1.807) is 11.1 Å². The summed E-state index contributed by atoms with van der Waals surface area (Å²) in [6.45, 7) is 8.22. The van der Waals surface area contributed by atoms with Gasteiger partial charge in [-0.05, 0) is 78.3 Å². The van der Waals surface area contributed by atoms with Crippen LogP contribution in [-0.2, 0) is 18.4 Å². The van der Waals surface area contributed by atoms with Crippen LogP contribution in [0.4, 0.5) is 0 Å². The maximum absolute atomic E-state index is 6.15. The zero-order valence-corrected chi connectivity index (χ0v) is 16.7. The van der Waals surface area contributed by atoms with Crippen LogP contribution in [0.5, 0.6) is 5.75 Å². The van der Waals surface area contributed by atoms with E-state index in [1.165, 1.54) is 44.3 Å². The van der Waals surface area contributed by atoms with Crippen molar-refractivity contribution in [2.45, 2.75) is 57.6 Å². The van der Waals surface area contributed by atoms with Crippen LogP contribution in [0.1, 0.15) is 49.8 Å². The van der Waals surface area contributed by atoms with Gasteiger partial charge in [0, 0.05) is 12.6 Å². The Hall–Kier alpha value is -1.80. The monoisotopic (exact) mass is 361 g/mol. The molecule has 2 aromatic rings. The highest BCUT2D eigenvalue weighted by Gasteiger charge is 2.49. The molecular weight excluding hydrogens is 330 g/mol. The summed E-state index contributed by atoms with van der Waals surface area (Å²) >= 11 is 0. The first-order valence-electron chi connectivity index (χ1n) is 10.7. The van der Waals surface area contributed by atoms with Crippen molar-refractivity contribution >= 4 is 0 Å². The maximum atomic E-state index is 6.15. The van der Waals surface area contributed by atoms with Gasteiger partial charge in [0.15, 0.2) is 0 Å². The number of hydrogen-bond acceptors (Lipinski definition) is 2. The van der Waals surface area contributed by atoms with Crippen LogP contribution in [0.3, 0.4) is 0 Å². The van der Waals surface area contributed by atoms with E-state index < -0.39 is 0 Å². The third kappa shape index (κ3) is 3.18. The number of nitrogens with zero attached hydrogens (tertiary/aromatic N) is 1. The first-order chi connectivity index (χ1) is 13.1. The summed E-state index contributed by atoms with van der Waals surface area (Å²) < 4.78 is 6.15. The van der Waals surface area contributed by atoms with Crippen molar-refractivity contribution in [1.29, 1.82) is 0 Å². The number of ether oxygens (including phenoxy) is 1. The zero-order valence-electron chi connectivity index (χ0n) is 16.7. The molecule has 1 heterocycles. The van der Waals surface area contributed by atoms with Gasteiger partial charge < -0.3 is 4.74 Å². The third-order valence-electron chi connectivity index (χ3n) is 7.53. The molecule has 2 bridgehead atoms. The molecule has 142 valence electrons. The molecular formula is C25H31NO. The molecule has 2 fully saturated rings. The molecule has 1 saturated carbocycles. The molecule has 0 N–H and O–H groups in total. The van der Waals surface area contributed by atoms with Gasteiger partial charge >= 0.3 is 0 Å². The Morgan fingerprint density at radius 1 is 1.11 bits per heavy atom. The van der Waals surface area contributed by atoms with Crippen LogP contribution in [0.15, 0.2) is 48.5 Å². The number of benzene rings is 2. The van der Waals surface area contributed by atoms with Crippen LogP contribution in [0, 0.1) is 11.8 Å². The van der Waals surface area contributed by atoms with Gasteiger partial charge in [-0.25, -0.2) is 0 Å². The summed E-state index contributed by atoms with van der Waals surface area (Å²) in [4.78, 5) is 2.81. The molecule has 2 aromatic carbocycles. The van der Waals surface area contributed by atoms with E-state index in [9.17, 15) is 0 Å². The quantitative estimate of drug-likeness (QED) is 0.726. The maximum Gasteiger partial charge on any atom is 0.120 e. The van der Waals surface area contributed by atoms with Gasteiger partial charge in [0.2, 0.25) is 0 Å². The minimum atomic E-state index is 0.282. The highest BCUT2D eigenvalue weighted by molar-refractivity contribution is 5.44. The fourth-order valence-corrected chi connectivity index (χ4v) is 5.38. The molecule has 2 heteroatoms. The van der Waals surface area contributed by atoms with Gasteiger partial charge in [-0.15, -0.1) is 0 Å². The van der Waals surface area contributed by atoms with Gasteiger partial charge in [-0.1, -0.05) is 50.2 Å². The molecule has 2 nitrogen and oxygen atoms in total. The first-order valence-corrected chi connectivity index (χ1v) is 10.7. The van der Waals surface area contributed by atoms with Gasteiger partial charge in [-0.3, -0.25) is 4.90 Å². The molecule has 1 saturated heterocycles. The van der Waals surface area contributed by atoms with E-state index in [1.807, 2.05) is 0 Å². The second-order valence-electron chi connectivity index (χ2n) is 9.26. The van der Waals surface area contributed by atoms with E-state index >= 15 is 0 Å². The smallest absolute Gasteiger partial charge is 0.120 e. The van der Waals surface area contributed by atoms with Crippen LogP contribution in [0.25, 0.3) is 0 Å². The third-order valence-corrected chi connectivity index (χ3v) is 7.53. The fourth-order valence-electron chi connectivity index (χ4n) is 5.38. The van der Waals surface area contributed by atoms with E-state index in [0.717, 1.165) is 11.7 Å². The topological polar surface area (TPSA) is 12.5 Å². The zero-order chi connectivity index (χ0) is 18.4. The molecule has 0 radical (unpaired) electrons. The molecule has 2 aliphatic carbocycles. The summed E-state index contributed by atoms with van der Waals surface area (Å²) in [5.74, 6) is 2.71. The van der Waals surface area contributed by atoms with Gasteiger partial charge in [0.25, 0.3) is 0 Å².